The summed E-state index contributed by atoms with van der Waals surface area (Å²) in [6, 6.07) is 20.1. The normalized spacial score (nSPS) is 16.0. The van der Waals surface area contributed by atoms with Crippen molar-refractivity contribution >= 4 is 41.1 Å². The first kappa shape index (κ1) is 33.1. The average molecular weight is 683 g/mol. The van der Waals surface area contributed by atoms with Crippen LogP contribution in [-0.4, -0.2) is 66.1 Å². The van der Waals surface area contributed by atoms with Gasteiger partial charge in [-0.15, -0.1) is 0 Å². The molecule has 2 aliphatic rings. The molecule has 14 heteroatoms. The van der Waals surface area contributed by atoms with Crippen molar-refractivity contribution in [2.45, 2.75) is 38.0 Å². The van der Waals surface area contributed by atoms with E-state index in [2.05, 4.69) is 15.3 Å². The number of carbonyl (C=O) groups is 2. The van der Waals surface area contributed by atoms with Gasteiger partial charge in [0.15, 0.2) is 5.69 Å². The quantitative estimate of drug-likeness (QED) is 0.218. The number of oxazole rings is 1. The lowest BCUT2D eigenvalue weighted by molar-refractivity contribution is -0.141. The number of anilines is 3. The number of rotatable bonds is 7. The predicted octanol–water partition coefficient (Wildman–Crippen LogP) is 7.23. The van der Waals surface area contributed by atoms with Crippen molar-refractivity contribution < 1.29 is 31.9 Å². The zero-order valence-corrected chi connectivity index (χ0v) is 26.7. The molecule has 252 valence electrons. The largest absolute Gasteiger partial charge is 0.444 e. The number of alkyl halides is 3. The molecular weight excluding hydrogens is 649 g/mol. The molecule has 0 atom stereocenters. The Hall–Kier alpha value is -4.78. The fraction of sp³-hybridized carbons (Fsp3) is 0.353. The molecule has 0 unspecified atom stereocenters. The standard InChI is InChI=1S/C34H34ClF3N6O4/c35-27-10-5-4-9-25(27)22-47-33(46)44-16-6-15-42(19-20-44)28-12-11-26(21-39-28)40-31(45)29-30(34(36,37)38)41-32(48-29)43-17-13-24(14-18-43)23-7-2-1-3-8-23/h1-5,7-12,21,24H,6,13-20,22H2,(H,40,45). The maximum absolute atomic E-state index is 13.9. The molecule has 2 saturated heterocycles. The highest BCUT2D eigenvalue weighted by molar-refractivity contribution is 6.31. The van der Waals surface area contributed by atoms with Crippen LogP contribution in [0.4, 0.5) is 35.5 Å². The zero-order valence-electron chi connectivity index (χ0n) is 26.0. The second-order valence-electron chi connectivity index (χ2n) is 11.7. The van der Waals surface area contributed by atoms with Crippen LogP contribution < -0.4 is 15.1 Å². The highest BCUT2D eigenvalue weighted by Gasteiger charge is 2.42. The Morgan fingerprint density at radius 2 is 1.67 bits per heavy atom. The number of aromatic nitrogens is 2. The first-order valence-corrected chi connectivity index (χ1v) is 16.1. The molecule has 10 nitrogen and oxygen atoms in total. The third kappa shape index (κ3) is 7.84. The lowest BCUT2D eigenvalue weighted by atomic mass is 9.90. The molecule has 4 heterocycles. The number of ether oxygens (including phenoxy) is 1. The Morgan fingerprint density at radius 1 is 0.917 bits per heavy atom. The minimum absolute atomic E-state index is 0.0702. The van der Waals surface area contributed by atoms with Crippen molar-refractivity contribution in [3.63, 3.8) is 0 Å². The van der Waals surface area contributed by atoms with Gasteiger partial charge in [0.2, 0.25) is 5.76 Å². The molecular formula is C34H34ClF3N6O4. The van der Waals surface area contributed by atoms with Gasteiger partial charge in [-0.05, 0) is 48.9 Å². The second-order valence-corrected chi connectivity index (χ2v) is 12.1. The second kappa shape index (κ2) is 14.5. The van der Waals surface area contributed by atoms with Gasteiger partial charge < -0.3 is 29.2 Å². The smallest absolute Gasteiger partial charge is 0.437 e. The van der Waals surface area contributed by atoms with Gasteiger partial charge in [-0.3, -0.25) is 4.79 Å². The highest BCUT2D eigenvalue weighted by atomic mass is 35.5. The van der Waals surface area contributed by atoms with Crippen molar-refractivity contribution in [3.05, 3.63) is 101 Å². The number of pyridine rings is 1. The number of hydrogen-bond acceptors (Lipinski definition) is 8. The summed E-state index contributed by atoms with van der Waals surface area (Å²) in [6.45, 7) is 2.96. The van der Waals surface area contributed by atoms with Crippen LogP contribution in [0.3, 0.4) is 0 Å². The maximum Gasteiger partial charge on any atom is 0.437 e. The van der Waals surface area contributed by atoms with Crippen LogP contribution >= 0.6 is 11.6 Å². The molecule has 4 aromatic rings. The number of carbonyl (C=O) groups excluding carboxylic acids is 2. The van der Waals surface area contributed by atoms with Gasteiger partial charge in [0.25, 0.3) is 11.9 Å². The van der Waals surface area contributed by atoms with Crippen LogP contribution in [0, 0.1) is 0 Å². The first-order valence-electron chi connectivity index (χ1n) is 15.7. The summed E-state index contributed by atoms with van der Waals surface area (Å²) in [6.07, 6.45) is -1.85. The lowest BCUT2D eigenvalue weighted by Crippen LogP contribution is -2.35. The van der Waals surface area contributed by atoms with Crippen LogP contribution in [-0.2, 0) is 17.5 Å². The number of piperidine rings is 1. The SMILES string of the molecule is O=C(Nc1ccc(N2CCCN(C(=O)OCc3ccccc3Cl)CC2)nc1)c1oc(N2CCC(c3ccccc3)CC2)nc1C(F)(F)F. The highest BCUT2D eigenvalue weighted by Crippen LogP contribution is 2.36. The van der Waals surface area contributed by atoms with Gasteiger partial charge in [0.05, 0.1) is 11.9 Å². The van der Waals surface area contributed by atoms with Crippen molar-refractivity contribution in [1.82, 2.24) is 14.9 Å². The van der Waals surface area contributed by atoms with E-state index >= 15 is 0 Å². The molecule has 2 amide bonds. The van der Waals surface area contributed by atoms with E-state index in [9.17, 15) is 22.8 Å². The molecule has 2 aromatic heterocycles. The number of amides is 2. The topological polar surface area (TPSA) is 104 Å². The van der Waals surface area contributed by atoms with Crippen molar-refractivity contribution in [2.75, 3.05) is 54.4 Å². The van der Waals surface area contributed by atoms with Crippen molar-refractivity contribution in [3.8, 4) is 0 Å². The summed E-state index contributed by atoms with van der Waals surface area (Å²) < 4.78 is 52.8. The van der Waals surface area contributed by atoms with Crippen LogP contribution in [0.1, 0.15) is 52.6 Å². The minimum atomic E-state index is -4.89. The zero-order chi connectivity index (χ0) is 33.7. The Kier molecular flexibility index (Phi) is 10.0. The average Bonchev–Trinajstić information content (AvgIpc) is 3.42. The summed E-state index contributed by atoms with van der Waals surface area (Å²) in [7, 11) is 0. The number of nitrogens with zero attached hydrogens (tertiary/aromatic N) is 5. The van der Waals surface area contributed by atoms with E-state index < -0.39 is 29.6 Å². The monoisotopic (exact) mass is 682 g/mol. The van der Waals surface area contributed by atoms with Crippen molar-refractivity contribution in [2.24, 2.45) is 0 Å². The number of benzene rings is 2. The molecule has 0 aliphatic carbocycles. The summed E-state index contributed by atoms with van der Waals surface area (Å²) in [4.78, 5) is 39.1. The van der Waals surface area contributed by atoms with Gasteiger partial charge in [-0.25, -0.2) is 9.78 Å². The van der Waals surface area contributed by atoms with Gasteiger partial charge >= 0.3 is 12.3 Å². The first-order chi connectivity index (χ1) is 23.2. The minimum Gasteiger partial charge on any atom is -0.444 e. The number of nitrogens with one attached hydrogen (secondary N) is 1. The maximum atomic E-state index is 13.9. The van der Waals surface area contributed by atoms with Gasteiger partial charge in [-0.1, -0.05) is 60.1 Å². The van der Waals surface area contributed by atoms with Gasteiger partial charge in [0.1, 0.15) is 12.4 Å². The van der Waals surface area contributed by atoms with Crippen LogP contribution in [0.5, 0.6) is 0 Å². The Labute approximate surface area is 280 Å². The fourth-order valence-electron chi connectivity index (χ4n) is 5.93. The van der Waals surface area contributed by atoms with E-state index in [1.807, 2.05) is 41.3 Å². The molecule has 6 rings (SSSR count). The van der Waals surface area contributed by atoms with Gasteiger partial charge in [0, 0.05) is 49.9 Å². The molecule has 1 N–H and O–H groups in total. The van der Waals surface area contributed by atoms with E-state index in [4.69, 9.17) is 20.8 Å². The Morgan fingerprint density at radius 3 is 2.38 bits per heavy atom. The van der Waals surface area contributed by atoms with Crippen LogP contribution in [0.15, 0.2) is 77.3 Å². The Bertz CT molecular complexity index is 1710. The Balaban J connectivity index is 1.05. The van der Waals surface area contributed by atoms with E-state index in [1.165, 1.54) is 11.8 Å². The van der Waals surface area contributed by atoms with Crippen molar-refractivity contribution in [1.29, 1.82) is 0 Å². The molecule has 0 saturated carbocycles. The summed E-state index contributed by atoms with van der Waals surface area (Å²) in [5.74, 6) is -1.10. The molecule has 48 heavy (non-hydrogen) atoms. The molecule has 0 bridgehead atoms. The van der Waals surface area contributed by atoms with Crippen LogP contribution in [0.2, 0.25) is 5.02 Å². The summed E-state index contributed by atoms with van der Waals surface area (Å²) in [5, 5.41) is 2.99. The molecule has 2 fully saturated rings. The molecule has 0 radical (unpaired) electrons. The molecule has 2 aromatic carbocycles. The summed E-state index contributed by atoms with van der Waals surface area (Å²) in [5.41, 5.74) is 0.726. The van der Waals surface area contributed by atoms with Gasteiger partial charge in [-0.2, -0.15) is 18.2 Å². The third-order valence-corrected chi connectivity index (χ3v) is 8.89. The third-order valence-electron chi connectivity index (χ3n) is 8.52. The lowest BCUT2D eigenvalue weighted by Gasteiger charge is -2.31. The predicted molar refractivity (Wildman–Crippen MR) is 174 cm³/mol. The number of hydrogen-bond donors (Lipinski definition) is 1. The van der Waals surface area contributed by atoms with E-state index in [-0.39, 0.29) is 24.2 Å². The van der Waals surface area contributed by atoms with E-state index in [0.29, 0.717) is 56.5 Å². The van der Waals surface area contributed by atoms with E-state index in [1.54, 1.807) is 40.1 Å². The molecule has 0 spiro atoms. The summed E-state index contributed by atoms with van der Waals surface area (Å²) >= 11 is 6.16. The van der Waals surface area contributed by atoms with Crippen LogP contribution in [0.25, 0.3) is 0 Å². The molecule has 2 aliphatic heterocycles. The fourth-order valence-corrected chi connectivity index (χ4v) is 6.12. The number of halogens is 4. The van der Waals surface area contributed by atoms with E-state index in [0.717, 1.165) is 18.4 Å².